The number of hydrogen-bond acceptors (Lipinski definition) is 1. The largest absolute Gasteiger partial charge is 0.312 e. The molecule has 2 heteroatoms. The van der Waals surface area contributed by atoms with Crippen LogP contribution in [0.4, 0.5) is 4.39 Å². The summed E-state index contributed by atoms with van der Waals surface area (Å²) in [7, 11) is 0. The monoisotopic (exact) mass is 265 g/mol. The van der Waals surface area contributed by atoms with Crippen LogP contribution in [0.15, 0.2) is 24.3 Å². The molecule has 108 valence electrons. The molecule has 0 heterocycles. The van der Waals surface area contributed by atoms with E-state index in [1.165, 1.54) is 12.0 Å². The first kappa shape index (κ1) is 16.2. The van der Waals surface area contributed by atoms with E-state index in [2.05, 4.69) is 39.9 Å². The van der Waals surface area contributed by atoms with Gasteiger partial charge in [0.15, 0.2) is 0 Å². The molecule has 0 spiro atoms. The van der Waals surface area contributed by atoms with Crippen LogP contribution in [0.1, 0.15) is 46.6 Å². The normalized spacial score (nSPS) is 15.3. The molecule has 2 atom stereocenters. The Kier molecular flexibility index (Phi) is 5.99. The molecule has 0 aliphatic heterocycles. The molecular formula is C17H28FN. The van der Waals surface area contributed by atoms with E-state index in [-0.39, 0.29) is 11.4 Å². The molecule has 1 N–H and O–H groups in total. The number of benzene rings is 1. The lowest BCUT2D eigenvalue weighted by Crippen LogP contribution is -2.41. The van der Waals surface area contributed by atoms with Gasteiger partial charge in [-0.1, -0.05) is 32.4 Å². The van der Waals surface area contributed by atoms with Crippen LogP contribution in [0.5, 0.6) is 0 Å². The Morgan fingerprint density at radius 2 is 1.74 bits per heavy atom. The summed E-state index contributed by atoms with van der Waals surface area (Å²) in [4.78, 5) is 0. The highest BCUT2D eigenvalue weighted by Crippen LogP contribution is 2.21. The van der Waals surface area contributed by atoms with Crippen LogP contribution < -0.4 is 5.32 Å². The molecule has 2 unspecified atom stereocenters. The highest BCUT2D eigenvalue weighted by atomic mass is 19.1. The van der Waals surface area contributed by atoms with E-state index in [9.17, 15) is 4.39 Å². The summed E-state index contributed by atoms with van der Waals surface area (Å²) in [5.41, 5.74) is 1.37. The predicted molar refractivity (Wildman–Crippen MR) is 80.8 cm³/mol. The summed E-state index contributed by atoms with van der Waals surface area (Å²) >= 11 is 0. The lowest BCUT2D eigenvalue weighted by Gasteiger charge is -2.28. The van der Waals surface area contributed by atoms with Gasteiger partial charge in [0, 0.05) is 5.54 Å². The van der Waals surface area contributed by atoms with Crippen LogP contribution in [-0.2, 0) is 6.42 Å². The zero-order valence-corrected chi connectivity index (χ0v) is 13.0. The minimum absolute atomic E-state index is 0.147. The molecule has 0 bridgehead atoms. The molecule has 0 amide bonds. The Morgan fingerprint density at radius 1 is 1.16 bits per heavy atom. The average Bonchev–Trinajstić information content (AvgIpc) is 2.34. The van der Waals surface area contributed by atoms with Gasteiger partial charge >= 0.3 is 0 Å². The molecular weight excluding hydrogens is 237 g/mol. The zero-order valence-electron chi connectivity index (χ0n) is 13.0. The van der Waals surface area contributed by atoms with E-state index in [0.717, 1.165) is 13.0 Å². The van der Waals surface area contributed by atoms with Gasteiger partial charge in [-0.3, -0.25) is 0 Å². The summed E-state index contributed by atoms with van der Waals surface area (Å²) in [5, 5.41) is 3.59. The minimum atomic E-state index is -0.156. The molecule has 1 nitrogen and oxygen atoms in total. The molecule has 0 aliphatic carbocycles. The average molecular weight is 265 g/mol. The van der Waals surface area contributed by atoms with Gasteiger partial charge < -0.3 is 5.32 Å². The fourth-order valence-corrected chi connectivity index (χ4v) is 2.17. The van der Waals surface area contributed by atoms with Gasteiger partial charge in [0.1, 0.15) is 5.82 Å². The molecule has 0 aliphatic rings. The second-order valence-electron chi connectivity index (χ2n) is 6.61. The van der Waals surface area contributed by atoms with Crippen molar-refractivity contribution in [3.05, 3.63) is 35.6 Å². The molecule has 0 saturated heterocycles. The highest BCUT2D eigenvalue weighted by molar-refractivity contribution is 5.16. The van der Waals surface area contributed by atoms with Crippen LogP contribution in [0.3, 0.4) is 0 Å². The summed E-state index contributed by atoms with van der Waals surface area (Å²) in [6.07, 6.45) is 2.19. The third-order valence-electron chi connectivity index (χ3n) is 3.75. The van der Waals surface area contributed by atoms with Gasteiger partial charge in [0.05, 0.1) is 0 Å². The summed E-state index contributed by atoms with van der Waals surface area (Å²) in [5.74, 6) is 1.10. The SMILES string of the molecule is CCC(C)C(CNC(C)(C)C)Cc1ccc(F)cc1. The number of hydrogen-bond donors (Lipinski definition) is 1. The van der Waals surface area contributed by atoms with Gasteiger partial charge in [0.2, 0.25) is 0 Å². The maximum absolute atomic E-state index is 12.9. The first-order chi connectivity index (χ1) is 8.81. The number of halogens is 1. The van der Waals surface area contributed by atoms with Crippen molar-refractivity contribution < 1.29 is 4.39 Å². The molecule has 1 aromatic carbocycles. The molecule has 1 rings (SSSR count). The smallest absolute Gasteiger partial charge is 0.123 e. The minimum Gasteiger partial charge on any atom is -0.312 e. The van der Waals surface area contributed by atoms with Crippen molar-refractivity contribution in [2.45, 2.75) is 53.0 Å². The Hall–Kier alpha value is -0.890. The maximum atomic E-state index is 12.9. The number of nitrogens with one attached hydrogen (secondary N) is 1. The molecule has 0 saturated carbocycles. The van der Waals surface area contributed by atoms with Gasteiger partial charge in [-0.15, -0.1) is 0 Å². The molecule has 19 heavy (non-hydrogen) atoms. The molecule has 0 aromatic heterocycles. The van der Waals surface area contributed by atoms with E-state index in [0.29, 0.717) is 11.8 Å². The standard InChI is InChI=1S/C17H28FN/c1-6-13(2)15(12-19-17(3,4)5)11-14-7-9-16(18)10-8-14/h7-10,13,15,19H,6,11-12H2,1-5H3. The van der Waals surface area contributed by atoms with E-state index in [4.69, 9.17) is 0 Å². The lowest BCUT2D eigenvalue weighted by molar-refractivity contribution is 0.292. The van der Waals surface area contributed by atoms with Crippen LogP contribution in [0, 0.1) is 17.7 Å². The van der Waals surface area contributed by atoms with Crippen molar-refractivity contribution in [3.8, 4) is 0 Å². The Bertz CT molecular complexity index is 364. The second-order valence-corrected chi connectivity index (χ2v) is 6.61. The molecule has 1 aromatic rings. The predicted octanol–water partition coefficient (Wildman–Crippen LogP) is 4.42. The third-order valence-corrected chi connectivity index (χ3v) is 3.75. The Balaban J connectivity index is 2.66. The van der Waals surface area contributed by atoms with Gasteiger partial charge in [-0.25, -0.2) is 4.39 Å². The van der Waals surface area contributed by atoms with Crippen LogP contribution in [0.2, 0.25) is 0 Å². The van der Waals surface area contributed by atoms with Crippen molar-refractivity contribution in [1.29, 1.82) is 0 Å². The quantitative estimate of drug-likeness (QED) is 0.803. The van der Waals surface area contributed by atoms with E-state index >= 15 is 0 Å². The van der Waals surface area contributed by atoms with Crippen LogP contribution in [-0.4, -0.2) is 12.1 Å². The Labute approximate surface area is 117 Å². The maximum Gasteiger partial charge on any atom is 0.123 e. The highest BCUT2D eigenvalue weighted by Gasteiger charge is 2.19. The summed E-state index contributed by atoms with van der Waals surface area (Å²) in [6.45, 7) is 12.1. The van der Waals surface area contributed by atoms with E-state index in [1.807, 2.05) is 12.1 Å². The van der Waals surface area contributed by atoms with Crippen molar-refractivity contribution in [2.24, 2.45) is 11.8 Å². The van der Waals surface area contributed by atoms with Gasteiger partial charge in [-0.2, -0.15) is 0 Å². The fraction of sp³-hybridized carbons (Fsp3) is 0.647. The molecule has 0 fully saturated rings. The van der Waals surface area contributed by atoms with Crippen molar-refractivity contribution in [1.82, 2.24) is 5.32 Å². The zero-order chi connectivity index (χ0) is 14.5. The lowest BCUT2D eigenvalue weighted by atomic mass is 9.85. The van der Waals surface area contributed by atoms with E-state index < -0.39 is 0 Å². The third kappa shape index (κ3) is 6.20. The second kappa shape index (κ2) is 7.04. The first-order valence-electron chi connectivity index (χ1n) is 7.31. The fourth-order valence-electron chi connectivity index (χ4n) is 2.17. The van der Waals surface area contributed by atoms with Crippen molar-refractivity contribution in [2.75, 3.05) is 6.54 Å². The number of rotatable bonds is 6. The van der Waals surface area contributed by atoms with Crippen molar-refractivity contribution >= 4 is 0 Å². The van der Waals surface area contributed by atoms with Crippen LogP contribution >= 0.6 is 0 Å². The van der Waals surface area contributed by atoms with Crippen LogP contribution in [0.25, 0.3) is 0 Å². The van der Waals surface area contributed by atoms with Gasteiger partial charge in [-0.05, 0) is 63.3 Å². The summed E-state index contributed by atoms with van der Waals surface area (Å²) in [6, 6.07) is 6.92. The topological polar surface area (TPSA) is 12.0 Å². The molecule has 0 radical (unpaired) electrons. The summed E-state index contributed by atoms with van der Waals surface area (Å²) < 4.78 is 12.9. The van der Waals surface area contributed by atoms with Crippen molar-refractivity contribution in [3.63, 3.8) is 0 Å². The first-order valence-corrected chi connectivity index (χ1v) is 7.31. The van der Waals surface area contributed by atoms with E-state index in [1.54, 1.807) is 12.1 Å². The Morgan fingerprint density at radius 3 is 2.21 bits per heavy atom. The van der Waals surface area contributed by atoms with Gasteiger partial charge in [0.25, 0.3) is 0 Å².